The molecule has 0 unspecified atom stereocenters. The predicted octanol–water partition coefficient (Wildman–Crippen LogP) is 4.53. The SMILES string of the molecule is O=C(Nc1ccccc1F)[C@H]1Sc2nnc(COc3ccccc3)n2N[C@H]1c1ccc(F)cc1. The summed E-state index contributed by atoms with van der Waals surface area (Å²) in [6.07, 6.45) is 0. The van der Waals surface area contributed by atoms with Crippen molar-refractivity contribution in [1.29, 1.82) is 0 Å². The van der Waals surface area contributed by atoms with Crippen LogP contribution in [0.1, 0.15) is 17.4 Å². The van der Waals surface area contributed by atoms with Gasteiger partial charge in [-0.05, 0) is 42.0 Å². The number of nitrogens with zero attached hydrogens (tertiary/aromatic N) is 3. The molecule has 5 rings (SSSR count). The van der Waals surface area contributed by atoms with E-state index in [0.717, 1.165) is 0 Å². The molecule has 0 bridgehead atoms. The van der Waals surface area contributed by atoms with Crippen molar-refractivity contribution in [3.8, 4) is 5.75 Å². The Kier molecular flexibility index (Phi) is 6.13. The van der Waals surface area contributed by atoms with E-state index < -0.39 is 23.0 Å². The maximum Gasteiger partial charge on any atom is 0.240 e. The van der Waals surface area contributed by atoms with Crippen LogP contribution in [-0.4, -0.2) is 26.0 Å². The molecule has 1 aliphatic rings. The number of carbonyl (C=O) groups excluding carboxylic acids is 1. The summed E-state index contributed by atoms with van der Waals surface area (Å²) in [5.74, 6) is -0.159. The highest BCUT2D eigenvalue weighted by molar-refractivity contribution is 8.00. The third-order valence-electron chi connectivity index (χ3n) is 5.23. The molecule has 0 saturated heterocycles. The van der Waals surface area contributed by atoms with E-state index >= 15 is 0 Å². The highest BCUT2D eigenvalue weighted by Crippen LogP contribution is 2.38. The molecule has 0 saturated carbocycles. The van der Waals surface area contributed by atoms with Gasteiger partial charge in [-0.2, -0.15) is 0 Å². The average Bonchev–Trinajstić information content (AvgIpc) is 3.26. The first-order valence-corrected chi connectivity index (χ1v) is 11.3. The highest BCUT2D eigenvalue weighted by Gasteiger charge is 2.38. The fourth-order valence-corrected chi connectivity index (χ4v) is 4.64. The van der Waals surface area contributed by atoms with Crippen LogP contribution in [-0.2, 0) is 11.4 Å². The second-order valence-corrected chi connectivity index (χ2v) is 8.61. The van der Waals surface area contributed by atoms with Gasteiger partial charge in [0.25, 0.3) is 0 Å². The van der Waals surface area contributed by atoms with Gasteiger partial charge < -0.3 is 15.5 Å². The van der Waals surface area contributed by atoms with E-state index in [1.807, 2.05) is 30.3 Å². The Morgan fingerprint density at radius 2 is 1.74 bits per heavy atom. The minimum Gasteiger partial charge on any atom is -0.486 e. The Labute approximate surface area is 198 Å². The van der Waals surface area contributed by atoms with Crippen LogP contribution in [0.3, 0.4) is 0 Å². The zero-order valence-electron chi connectivity index (χ0n) is 17.7. The van der Waals surface area contributed by atoms with E-state index in [9.17, 15) is 13.6 Å². The third-order valence-corrected chi connectivity index (χ3v) is 6.45. The number of hydrogen-bond donors (Lipinski definition) is 2. The van der Waals surface area contributed by atoms with Gasteiger partial charge in [-0.25, -0.2) is 13.5 Å². The minimum absolute atomic E-state index is 0.0787. The zero-order chi connectivity index (χ0) is 23.5. The van der Waals surface area contributed by atoms with Crippen LogP contribution < -0.4 is 15.5 Å². The largest absolute Gasteiger partial charge is 0.486 e. The fraction of sp³-hybridized carbons (Fsp3) is 0.125. The van der Waals surface area contributed by atoms with Gasteiger partial charge in [-0.1, -0.05) is 54.2 Å². The smallest absolute Gasteiger partial charge is 0.240 e. The number of ether oxygens (including phenoxy) is 1. The van der Waals surface area contributed by atoms with Crippen LogP contribution in [0.2, 0.25) is 0 Å². The van der Waals surface area contributed by atoms with Crippen LogP contribution in [0.25, 0.3) is 0 Å². The van der Waals surface area contributed by atoms with Crippen LogP contribution in [0.4, 0.5) is 14.5 Å². The lowest BCUT2D eigenvalue weighted by atomic mass is 10.0. The van der Waals surface area contributed by atoms with Crippen LogP contribution in [0.5, 0.6) is 5.75 Å². The number of nitrogens with one attached hydrogen (secondary N) is 2. The van der Waals surface area contributed by atoms with Crippen molar-refractivity contribution in [3.63, 3.8) is 0 Å². The number of thioether (sulfide) groups is 1. The molecule has 2 N–H and O–H groups in total. The first-order chi connectivity index (χ1) is 16.6. The quantitative estimate of drug-likeness (QED) is 0.423. The van der Waals surface area contributed by atoms with Gasteiger partial charge in [-0.3, -0.25) is 4.79 Å². The Morgan fingerprint density at radius 3 is 2.50 bits per heavy atom. The number of rotatable bonds is 6. The number of carbonyl (C=O) groups is 1. The summed E-state index contributed by atoms with van der Waals surface area (Å²) in [7, 11) is 0. The number of aromatic nitrogens is 3. The number of halogens is 2. The maximum absolute atomic E-state index is 14.1. The summed E-state index contributed by atoms with van der Waals surface area (Å²) in [6.45, 7) is 0.146. The average molecular weight is 480 g/mol. The molecule has 1 amide bonds. The summed E-state index contributed by atoms with van der Waals surface area (Å²) < 4.78 is 35.2. The van der Waals surface area contributed by atoms with Gasteiger partial charge >= 0.3 is 0 Å². The second-order valence-electron chi connectivity index (χ2n) is 7.50. The van der Waals surface area contributed by atoms with Crippen LogP contribution in [0, 0.1) is 11.6 Å². The lowest BCUT2D eigenvalue weighted by Crippen LogP contribution is -2.41. The Hall–Kier alpha value is -3.92. The minimum atomic E-state index is -0.732. The van der Waals surface area contributed by atoms with Crippen molar-refractivity contribution in [1.82, 2.24) is 14.9 Å². The van der Waals surface area contributed by atoms with Gasteiger partial charge in [0.15, 0.2) is 5.82 Å². The molecule has 7 nitrogen and oxygen atoms in total. The van der Waals surface area contributed by atoms with E-state index in [-0.39, 0.29) is 18.1 Å². The molecule has 34 heavy (non-hydrogen) atoms. The number of para-hydroxylation sites is 2. The van der Waals surface area contributed by atoms with Crippen molar-refractivity contribution >= 4 is 23.4 Å². The van der Waals surface area contributed by atoms with E-state index in [0.29, 0.717) is 22.3 Å². The Morgan fingerprint density at radius 1 is 1.00 bits per heavy atom. The summed E-state index contributed by atoms with van der Waals surface area (Å²) >= 11 is 1.18. The summed E-state index contributed by atoms with van der Waals surface area (Å²) in [4.78, 5) is 13.2. The van der Waals surface area contributed by atoms with Crippen molar-refractivity contribution in [3.05, 3.63) is 102 Å². The number of hydrogen-bond acceptors (Lipinski definition) is 6. The highest BCUT2D eigenvalue weighted by atomic mass is 32.2. The fourth-order valence-electron chi connectivity index (χ4n) is 3.54. The number of fused-ring (bicyclic) bond motifs is 1. The van der Waals surface area contributed by atoms with E-state index in [1.165, 1.54) is 36.0 Å². The molecule has 0 fully saturated rings. The molecular weight excluding hydrogens is 460 g/mol. The van der Waals surface area contributed by atoms with Crippen molar-refractivity contribution in [2.24, 2.45) is 0 Å². The third kappa shape index (κ3) is 4.58. The van der Waals surface area contributed by atoms with E-state index in [1.54, 1.807) is 28.9 Å². The van der Waals surface area contributed by atoms with E-state index in [4.69, 9.17) is 4.74 Å². The molecule has 1 aromatic heterocycles. The normalized spacial score (nSPS) is 16.9. The molecule has 0 aliphatic carbocycles. The van der Waals surface area contributed by atoms with Crippen LogP contribution >= 0.6 is 11.8 Å². The Bertz CT molecular complexity index is 1300. The molecule has 0 spiro atoms. The molecule has 1 aliphatic heterocycles. The molecule has 2 heterocycles. The van der Waals surface area contributed by atoms with E-state index in [2.05, 4.69) is 20.9 Å². The maximum atomic E-state index is 14.1. The van der Waals surface area contributed by atoms with Gasteiger partial charge in [0.05, 0.1) is 11.7 Å². The lowest BCUT2D eigenvalue weighted by molar-refractivity contribution is -0.116. The zero-order valence-corrected chi connectivity index (χ0v) is 18.5. The summed E-state index contributed by atoms with van der Waals surface area (Å²) in [6, 6.07) is 20.5. The van der Waals surface area contributed by atoms with Gasteiger partial charge in [0.1, 0.15) is 29.2 Å². The molecule has 0 radical (unpaired) electrons. The van der Waals surface area contributed by atoms with Crippen molar-refractivity contribution < 1.29 is 18.3 Å². The van der Waals surface area contributed by atoms with Crippen molar-refractivity contribution in [2.45, 2.75) is 23.1 Å². The topological polar surface area (TPSA) is 81.1 Å². The second kappa shape index (κ2) is 9.52. The number of anilines is 1. The summed E-state index contributed by atoms with van der Waals surface area (Å²) in [5.41, 5.74) is 4.02. The molecule has 2 atom stereocenters. The van der Waals surface area contributed by atoms with Gasteiger partial charge in [0, 0.05) is 0 Å². The summed E-state index contributed by atoms with van der Waals surface area (Å²) in [5, 5.41) is 10.8. The van der Waals surface area contributed by atoms with Gasteiger partial charge in [0.2, 0.25) is 11.1 Å². The van der Waals surface area contributed by atoms with Crippen LogP contribution in [0.15, 0.2) is 84.0 Å². The predicted molar refractivity (Wildman–Crippen MR) is 124 cm³/mol. The number of benzene rings is 3. The molecule has 4 aromatic rings. The Balaban J connectivity index is 1.43. The lowest BCUT2D eigenvalue weighted by Gasteiger charge is -2.33. The monoisotopic (exact) mass is 479 g/mol. The first kappa shape index (κ1) is 21.9. The number of amides is 1. The van der Waals surface area contributed by atoms with Crippen molar-refractivity contribution in [2.75, 3.05) is 10.7 Å². The molecule has 3 aromatic carbocycles. The molecule has 10 heteroatoms. The first-order valence-electron chi connectivity index (χ1n) is 10.4. The molecule has 172 valence electrons. The standard InChI is InChI=1S/C24H19F2N5O2S/c25-16-12-10-15(11-13-16)21-22(23(32)27-19-9-5-4-8-18(19)26)34-24-29-28-20(31(24)30-21)14-33-17-6-2-1-3-7-17/h1-13,21-22,30H,14H2,(H,27,32)/t21-,22-/m0/s1. The molecular formula is C24H19F2N5O2S. The van der Waals surface area contributed by atoms with Gasteiger partial charge in [-0.15, -0.1) is 10.2 Å².